The minimum absolute atomic E-state index is 0.125. The first-order chi connectivity index (χ1) is 9.45. The molecule has 0 aromatic heterocycles. The minimum atomic E-state index is -1.14. The number of nitrogens with two attached hydrogens (primary N) is 1. The van der Waals surface area contributed by atoms with Gasteiger partial charge in [-0.1, -0.05) is 0 Å². The third-order valence-electron chi connectivity index (χ3n) is 3.39. The van der Waals surface area contributed by atoms with Crippen molar-refractivity contribution >= 4 is 17.5 Å². The van der Waals surface area contributed by atoms with Gasteiger partial charge in [0.05, 0.1) is 5.56 Å². The Balaban J connectivity index is 2.31. The molecule has 1 aliphatic heterocycles. The number of hydrogen-bond acceptors (Lipinski definition) is 3. The summed E-state index contributed by atoms with van der Waals surface area (Å²) in [6.45, 7) is 0.384. The second kappa shape index (κ2) is 5.44. The van der Waals surface area contributed by atoms with E-state index in [4.69, 9.17) is 5.73 Å². The summed E-state index contributed by atoms with van der Waals surface area (Å²) < 4.78 is 26.3. The number of benzene rings is 1. The second-order valence-electron chi connectivity index (χ2n) is 4.62. The molecule has 2 rings (SSSR count). The fourth-order valence-electron chi connectivity index (χ4n) is 2.35. The number of likely N-dealkylation sites (N-methyl/N-ethyl adjacent to an activating group) is 1. The lowest BCUT2D eigenvalue weighted by Gasteiger charge is -2.24. The Morgan fingerprint density at radius 2 is 2.00 bits per heavy atom. The maximum absolute atomic E-state index is 13.2. The second-order valence-corrected chi connectivity index (χ2v) is 4.62. The van der Waals surface area contributed by atoms with Crippen LogP contribution in [-0.4, -0.2) is 36.3 Å². The normalized spacial score (nSPS) is 18.1. The molecule has 1 atom stereocenters. The Labute approximate surface area is 114 Å². The Morgan fingerprint density at radius 3 is 2.65 bits per heavy atom. The van der Waals surface area contributed by atoms with Crippen molar-refractivity contribution in [2.45, 2.75) is 18.9 Å². The fourth-order valence-corrected chi connectivity index (χ4v) is 2.35. The first kappa shape index (κ1) is 14.2. The lowest BCUT2D eigenvalue weighted by Crippen LogP contribution is -2.45. The van der Waals surface area contributed by atoms with Gasteiger partial charge in [0.2, 0.25) is 5.91 Å². The van der Waals surface area contributed by atoms with E-state index in [-0.39, 0.29) is 17.2 Å². The van der Waals surface area contributed by atoms with Crippen LogP contribution in [0.25, 0.3) is 0 Å². The molecule has 108 valence electrons. The first-order valence-electron chi connectivity index (χ1n) is 6.22. The molecule has 5 nitrogen and oxygen atoms in total. The zero-order valence-electron chi connectivity index (χ0n) is 11.0. The summed E-state index contributed by atoms with van der Waals surface area (Å²) >= 11 is 0. The van der Waals surface area contributed by atoms with Gasteiger partial charge in [-0.2, -0.15) is 0 Å². The van der Waals surface area contributed by atoms with Crippen molar-refractivity contribution in [2.75, 3.05) is 19.3 Å². The van der Waals surface area contributed by atoms with Gasteiger partial charge in [-0.15, -0.1) is 0 Å². The van der Waals surface area contributed by atoms with Crippen LogP contribution in [0.5, 0.6) is 0 Å². The maximum Gasteiger partial charge on any atom is 0.256 e. The third kappa shape index (κ3) is 2.43. The molecular weight excluding hydrogens is 268 g/mol. The van der Waals surface area contributed by atoms with Crippen LogP contribution in [0.4, 0.5) is 14.5 Å². The van der Waals surface area contributed by atoms with Crippen LogP contribution in [-0.2, 0) is 4.79 Å². The number of halogens is 2. The van der Waals surface area contributed by atoms with Crippen molar-refractivity contribution in [3.63, 3.8) is 0 Å². The zero-order chi connectivity index (χ0) is 14.9. The molecule has 3 N–H and O–H groups in total. The van der Waals surface area contributed by atoms with Crippen molar-refractivity contribution < 1.29 is 18.4 Å². The molecule has 1 aromatic carbocycles. The molecule has 1 aliphatic rings. The Bertz CT molecular complexity index is 563. The zero-order valence-corrected chi connectivity index (χ0v) is 11.0. The van der Waals surface area contributed by atoms with Crippen molar-refractivity contribution in [3.05, 3.63) is 29.3 Å². The summed E-state index contributed by atoms with van der Waals surface area (Å²) in [7, 11) is 1.48. The molecule has 1 heterocycles. The third-order valence-corrected chi connectivity index (χ3v) is 3.39. The predicted molar refractivity (Wildman–Crippen MR) is 68.9 cm³/mol. The summed E-state index contributed by atoms with van der Waals surface area (Å²) in [5, 5.41) is 2.48. The van der Waals surface area contributed by atoms with Crippen LogP contribution < -0.4 is 11.1 Å². The SMILES string of the molecule is CNC(=O)C1CCCN1C(=O)c1cc(F)c(F)cc1N. The molecule has 1 saturated heterocycles. The molecule has 2 amide bonds. The molecule has 0 radical (unpaired) electrons. The van der Waals surface area contributed by atoms with E-state index < -0.39 is 23.6 Å². The number of nitrogens with one attached hydrogen (secondary N) is 1. The van der Waals surface area contributed by atoms with Gasteiger partial charge >= 0.3 is 0 Å². The van der Waals surface area contributed by atoms with Crippen LogP contribution in [0.1, 0.15) is 23.2 Å². The highest BCUT2D eigenvalue weighted by atomic mass is 19.2. The number of anilines is 1. The lowest BCUT2D eigenvalue weighted by atomic mass is 10.1. The average Bonchev–Trinajstić information content (AvgIpc) is 2.90. The number of carbonyl (C=O) groups is 2. The topological polar surface area (TPSA) is 75.4 Å². The van der Waals surface area contributed by atoms with E-state index in [1.807, 2.05) is 0 Å². The van der Waals surface area contributed by atoms with Gasteiger partial charge in [0.1, 0.15) is 6.04 Å². The standard InChI is InChI=1S/C13H15F2N3O2/c1-17-12(19)11-3-2-4-18(11)13(20)7-5-8(14)9(15)6-10(7)16/h5-6,11H,2-4,16H2,1H3,(H,17,19). The summed E-state index contributed by atoms with van der Waals surface area (Å²) in [6.07, 6.45) is 1.21. The lowest BCUT2D eigenvalue weighted by molar-refractivity contribution is -0.124. The summed E-state index contributed by atoms with van der Waals surface area (Å²) in [4.78, 5) is 25.4. The number of likely N-dealkylation sites (tertiary alicyclic amines) is 1. The molecule has 1 unspecified atom stereocenters. The van der Waals surface area contributed by atoms with Gasteiger partial charge in [-0.25, -0.2) is 8.78 Å². The largest absolute Gasteiger partial charge is 0.398 e. The highest BCUT2D eigenvalue weighted by molar-refractivity contribution is 6.01. The molecule has 20 heavy (non-hydrogen) atoms. The van der Waals surface area contributed by atoms with Crippen molar-refractivity contribution in [1.29, 1.82) is 0 Å². The number of nitrogens with zero attached hydrogens (tertiary/aromatic N) is 1. The van der Waals surface area contributed by atoms with Crippen LogP contribution in [0, 0.1) is 11.6 Å². The Hall–Kier alpha value is -2.18. The maximum atomic E-state index is 13.2. The summed E-state index contributed by atoms with van der Waals surface area (Å²) in [6, 6.07) is 0.944. The monoisotopic (exact) mass is 283 g/mol. The van der Waals surface area contributed by atoms with Crippen LogP contribution in [0.2, 0.25) is 0 Å². The fraction of sp³-hybridized carbons (Fsp3) is 0.385. The molecule has 0 saturated carbocycles. The molecule has 1 fully saturated rings. The molecule has 0 spiro atoms. The molecule has 0 aliphatic carbocycles. The van der Waals surface area contributed by atoms with E-state index in [1.165, 1.54) is 11.9 Å². The van der Waals surface area contributed by atoms with E-state index in [1.54, 1.807) is 0 Å². The van der Waals surface area contributed by atoms with E-state index in [0.29, 0.717) is 19.4 Å². The predicted octanol–water partition coefficient (Wildman–Crippen LogP) is 0.898. The Kier molecular flexibility index (Phi) is 3.87. The van der Waals surface area contributed by atoms with Gasteiger partial charge in [-0.05, 0) is 18.9 Å². The first-order valence-corrected chi connectivity index (χ1v) is 6.22. The summed E-state index contributed by atoms with van der Waals surface area (Å²) in [5.41, 5.74) is 5.29. The number of hydrogen-bond donors (Lipinski definition) is 2. The number of amides is 2. The van der Waals surface area contributed by atoms with Gasteiger partial charge in [0.15, 0.2) is 11.6 Å². The van der Waals surface area contributed by atoms with Gasteiger partial charge in [-0.3, -0.25) is 9.59 Å². The molecular formula is C13H15F2N3O2. The van der Waals surface area contributed by atoms with Crippen molar-refractivity contribution in [2.24, 2.45) is 0 Å². The van der Waals surface area contributed by atoms with Crippen LogP contribution >= 0.6 is 0 Å². The van der Waals surface area contributed by atoms with E-state index >= 15 is 0 Å². The summed E-state index contributed by atoms with van der Waals surface area (Å²) in [5.74, 6) is -3.09. The number of rotatable bonds is 2. The average molecular weight is 283 g/mol. The van der Waals surface area contributed by atoms with E-state index in [2.05, 4.69) is 5.32 Å². The molecule has 0 bridgehead atoms. The van der Waals surface area contributed by atoms with Crippen LogP contribution in [0.15, 0.2) is 12.1 Å². The highest BCUT2D eigenvalue weighted by Crippen LogP contribution is 2.24. The van der Waals surface area contributed by atoms with E-state index in [0.717, 1.165) is 12.1 Å². The number of nitrogen functional groups attached to an aromatic ring is 1. The quantitative estimate of drug-likeness (QED) is 0.792. The molecule has 1 aromatic rings. The smallest absolute Gasteiger partial charge is 0.256 e. The van der Waals surface area contributed by atoms with Crippen LogP contribution in [0.3, 0.4) is 0 Å². The van der Waals surface area contributed by atoms with Gasteiger partial charge in [0, 0.05) is 25.3 Å². The van der Waals surface area contributed by atoms with Crippen molar-refractivity contribution in [3.8, 4) is 0 Å². The minimum Gasteiger partial charge on any atom is -0.398 e. The Morgan fingerprint density at radius 1 is 1.35 bits per heavy atom. The van der Waals surface area contributed by atoms with Gasteiger partial charge in [0.25, 0.3) is 5.91 Å². The van der Waals surface area contributed by atoms with Gasteiger partial charge < -0.3 is 16.0 Å². The number of carbonyl (C=O) groups excluding carboxylic acids is 2. The van der Waals surface area contributed by atoms with E-state index in [9.17, 15) is 18.4 Å². The molecule has 7 heteroatoms. The highest BCUT2D eigenvalue weighted by Gasteiger charge is 2.34. The van der Waals surface area contributed by atoms with Crippen molar-refractivity contribution in [1.82, 2.24) is 10.2 Å².